The van der Waals surface area contributed by atoms with Crippen LogP contribution in [0.3, 0.4) is 0 Å². The van der Waals surface area contributed by atoms with Gasteiger partial charge < -0.3 is 8.97 Å². The van der Waals surface area contributed by atoms with E-state index < -0.39 is 0 Å². The zero-order valence-electron chi connectivity index (χ0n) is 13.6. The Hall–Kier alpha value is -3.16. The van der Waals surface area contributed by atoms with E-state index in [9.17, 15) is 9.59 Å². The number of aromatic nitrogens is 6. The summed E-state index contributed by atoms with van der Waals surface area (Å²) >= 11 is 0. The Kier molecular flexibility index (Phi) is 2.96. The molecule has 0 aliphatic carbocycles. The van der Waals surface area contributed by atoms with Crippen molar-refractivity contribution in [3.8, 4) is 0 Å². The van der Waals surface area contributed by atoms with Crippen LogP contribution in [0.1, 0.15) is 11.3 Å². The number of hydrogen-bond donors (Lipinski definition) is 0. The standard InChI is InChI=1S/C16H16N6O2/c1-10-4-5-12-18-11(7-21(12)6-10)8-22-9-17-14-13(22)15(23)20(3)16(24)19(14)2/h4-7,9H,8H2,1-3H3. The molecule has 0 aliphatic rings. The molecule has 0 radical (unpaired) electrons. The molecular formula is C16H16N6O2. The normalized spacial score (nSPS) is 11.6. The molecule has 4 aromatic heterocycles. The minimum atomic E-state index is -0.388. The molecule has 0 amide bonds. The van der Waals surface area contributed by atoms with Crippen LogP contribution in [-0.2, 0) is 20.6 Å². The molecule has 0 N–H and O–H groups in total. The molecule has 0 saturated carbocycles. The maximum Gasteiger partial charge on any atom is 0.332 e. The van der Waals surface area contributed by atoms with E-state index in [-0.39, 0.29) is 11.2 Å². The molecule has 0 fully saturated rings. The quantitative estimate of drug-likeness (QED) is 0.536. The van der Waals surface area contributed by atoms with Gasteiger partial charge in [-0.1, -0.05) is 6.07 Å². The van der Waals surface area contributed by atoms with Crippen LogP contribution in [0.4, 0.5) is 0 Å². The predicted octanol–water partition coefficient (Wildman–Crippen LogP) is 0.438. The first-order chi connectivity index (χ1) is 11.5. The molecule has 0 aromatic carbocycles. The Balaban J connectivity index is 1.87. The minimum Gasteiger partial charge on any atom is -0.319 e. The summed E-state index contributed by atoms with van der Waals surface area (Å²) in [6, 6.07) is 3.96. The Bertz CT molecular complexity index is 1210. The van der Waals surface area contributed by atoms with E-state index in [1.165, 1.54) is 11.6 Å². The molecule has 4 heterocycles. The molecule has 4 aromatic rings. The molecule has 0 saturated heterocycles. The van der Waals surface area contributed by atoms with E-state index >= 15 is 0 Å². The highest BCUT2D eigenvalue weighted by atomic mass is 16.2. The number of fused-ring (bicyclic) bond motifs is 2. The maximum atomic E-state index is 12.5. The zero-order chi connectivity index (χ0) is 17.0. The number of pyridine rings is 1. The highest BCUT2D eigenvalue weighted by molar-refractivity contribution is 5.70. The van der Waals surface area contributed by atoms with E-state index in [0.717, 1.165) is 21.5 Å². The third kappa shape index (κ3) is 1.99. The summed E-state index contributed by atoms with van der Waals surface area (Å²) in [6.45, 7) is 2.43. The van der Waals surface area contributed by atoms with Crippen molar-refractivity contribution in [2.75, 3.05) is 0 Å². The molecule has 24 heavy (non-hydrogen) atoms. The fourth-order valence-corrected chi connectivity index (χ4v) is 2.92. The SMILES string of the molecule is Cc1ccc2nc(Cn3cnc4c3c(=O)n(C)c(=O)n4C)cn2c1. The van der Waals surface area contributed by atoms with Gasteiger partial charge in [-0.25, -0.2) is 14.8 Å². The summed E-state index contributed by atoms with van der Waals surface area (Å²) in [5, 5.41) is 0. The Morgan fingerprint density at radius 3 is 2.67 bits per heavy atom. The molecule has 122 valence electrons. The fourth-order valence-electron chi connectivity index (χ4n) is 2.92. The third-order valence-electron chi connectivity index (χ3n) is 4.20. The number of imidazole rings is 2. The van der Waals surface area contributed by atoms with Crippen molar-refractivity contribution >= 4 is 16.8 Å². The van der Waals surface area contributed by atoms with Gasteiger partial charge in [0, 0.05) is 26.5 Å². The zero-order valence-corrected chi connectivity index (χ0v) is 13.6. The van der Waals surface area contributed by atoms with Crippen LogP contribution < -0.4 is 11.2 Å². The van der Waals surface area contributed by atoms with Crippen LogP contribution in [0.5, 0.6) is 0 Å². The first-order valence-electron chi connectivity index (χ1n) is 7.51. The van der Waals surface area contributed by atoms with Gasteiger partial charge in [-0.05, 0) is 18.6 Å². The third-order valence-corrected chi connectivity index (χ3v) is 4.20. The van der Waals surface area contributed by atoms with Crippen LogP contribution in [0.25, 0.3) is 16.8 Å². The molecular weight excluding hydrogens is 308 g/mol. The summed E-state index contributed by atoms with van der Waals surface area (Å²) in [5.74, 6) is 0. The van der Waals surface area contributed by atoms with Gasteiger partial charge >= 0.3 is 5.69 Å². The number of hydrogen-bond acceptors (Lipinski definition) is 4. The first kappa shape index (κ1) is 14.4. The van der Waals surface area contributed by atoms with Gasteiger partial charge in [0.25, 0.3) is 5.56 Å². The average Bonchev–Trinajstić information content (AvgIpc) is 3.14. The van der Waals surface area contributed by atoms with Crippen LogP contribution in [0.2, 0.25) is 0 Å². The first-order valence-corrected chi connectivity index (χ1v) is 7.51. The summed E-state index contributed by atoms with van der Waals surface area (Å²) in [6.07, 6.45) is 5.50. The van der Waals surface area contributed by atoms with Crippen LogP contribution in [0, 0.1) is 6.92 Å². The van der Waals surface area contributed by atoms with Gasteiger partial charge in [-0.15, -0.1) is 0 Å². The van der Waals surface area contributed by atoms with Gasteiger partial charge in [0.05, 0.1) is 18.6 Å². The lowest BCUT2D eigenvalue weighted by Gasteiger charge is -2.05. The van der Waals surface area contributed by atoms with Crippen molar-refractivity contribution in [1.82, 2.24) is 28.1 Å². The Morgan fingerprint density at radius 2 is 1.88 bits per heavy atom. The van der Waals surface area contributed by atoms with Crippen molar-refractivity contribution in [3.05, 3.63) is 62.9 Å². The van der Waals surface area contributed by atoms with E-state index in [1.807, 2.05) is 35.9 Å². The second-order valence-electron chi connectivity index (χ2n) is 5.95. The molecule has 0 atom stereocenters. The molecule has 0 bridgehead atoms. The minimum absolute atomic E-state index is 0.356. The van der Waals surface area contributed by atoms with E-state index in [2.05, 4.69) is 9.97 Å². The molecule has 0 unspecified atom stereocenters. The second kappa shape index (κ2) is 4.92. The Labute approximate surface area is 136 Å². The van der Waals surface area contributed by atoms with Crippen molar-refractivity contribution in [2.45, 2.75) is 13.5 Å². The van der Waals surface area contributed by atoms with E-state index in [0.29, 0.717) is 17.7 Å². The molecule has 4 rings (SSSR count). The van der Waals surface area contributed by atoms with Gasteiger partial charge in [-0.3, -0.25) is 13.9 Å². The molecule has 8 heteroatoms. The summed E-state index contributed by atoms with van der Waals surface area (Å²) in [5.41, 5.74) is 2.83. The van der Waals surface area contributed by atoms with Gasteiger partial charge in [0.2, 0.25) is 0 Å². The largest absolute Gasteiger partial charge is 0.332 e. The lowest BCUT2D eigenvalue weighted by Crippen LogP contribution is -2.37. The predicted molar refractivity (Wildman–Crippen MR) is 89.2 cm³/mol. The summed E-state index contributed by atoms with van der Waals surface area (Å²) in [7, 11) is 3.07. The topological polar surface area (TPSA) is 79.1 Å². The van der Waals surface area contributed by atoms with Gasteiger partial charge in [0.15, 0.2) is 11.2 Å². The van der Waals surface area contributed by atoms with E-state index in [4.69, 9.17) is 0 Å². The molecule has 8 nitrogen and oxygen atoms in total. The smallest absolute Gasteiger partial charge is 0.319 e. The number of rotatable bonds is 2. The van der Waals surface area contributed by atoms with Crippen molar-refractivity contribution in [1.29, 1.82) is 0 Å². The maximum absolute atomic E-state index is 12.5. The van der Waals surface area contributed by atoms with Crippen molar-refractivity contribution in [3.63, 3.8) is 0 Å². The van der Waals surface area contributed by atoms with E-state index in [1.54, 1.807) is 17.9 Å². The highest BCUT2D eigenvalue weighted by Crippen LogP contribution is 2.11. The van der Waals surface area contributed by atoms with Gasteiger partial charge in [-0.2, -0.15) is 0 Å². The Morgan fingerprint density at radius 1 is 1.08 bits per heavy atom. The summed E-state index contributed by atoms with van der Waals surface area (Å²) < 4.78 is 6.15. The van der Waals surface area contributed by atoms with Crippen LogP contribution in [-0.4, -0.2) is 28.1 Å². The second-order valence-corrected chi connectivity index (χ2v) is 5.95. The molecule has 0 spiro atoms. The number of aryl methyl sites for hydroxylation is 2. The summed E-state index contributed by atoms with van der Waals surface area (Å²) in [4.78, 5) is 33.2. The van der Waals surface area contributed by atoms with Crippen molar-refractivity contribution in [2.24, 2.45) is 14.1 Å². The van der Waals surface area contributed by atoms with Gasteiger partial charge in [0.1, 0.15) is 5.65 Å². The van der Waals surface area contributed by atoms with Crippen molar-refractivity contribution < 1.29 is 0 Å². The fraction of sp³-hybridized carbons (Fsp3) is 0.250. The van der Waals surface area contributed by atoms with Crippen LogP contribution >= 0.6 is 0 Å². The number of nitrogens with zero attached hydrogens (tertiary/aromatic N) is 6. The molecule has 0 aliphatic heterocycles. The monoisotopic (exact) mass is 324 g/mol. The van der Waals surface area contributed by atoms with Crippen LogP contribution in [0.15, 0.2) is 40.4 Å². The lowest BCUT2D eigenvalue weighted by atomic mass is 10.3. The lowest BCUT2D eigenvalue weighted by molar-refractivity contribution is 0.701. The highest BCUT2D eigenvalue weighted by Gasteiger charge is 2.15. The average molecular weight is 324 g/mol.